The van der Waals surface area contributed by atoms with Crippen LogP contribution in [-0.4, -0.2) is 37.8 Å². The second-order valence-electron chi connectivity index (χ2n) is 5.35. The lowest BCUT2D eigenvalue weighted by molar-refractivity contribution is 0.158. The van der Waals surface area contributed by atoms with E-state index in [1.165, 1.54) is 16.3 Å². The van der Waals surface area contributed by atoms with Crippen LogP contribution >= 0.6 is 0 Å². The zero-order chi connectivity index (χ0) is 13.8. The minimum Gasteiger partial charge on any atom is -0.314 e. The van der Waals surface area contributed by atoms with Gasteiger partial charge >= 0.3 is 0 Å². The van der Waals surface area contributed by atoms with Gasteiger partial charge in [0.2, 0.25) is 0 Å². The summed E-state index contributed by atoms with van der Waals surface area (Å²) in [7, 11) is 0. The molecule has 0 spiro atoms. The molecule has 0 aliphatic carbocycles. The van der Waals surface area contributed by atoms with E-state index >= 15 is 0 Å². The molecule has 106 valence electrons. The van der Waals surface area contributed by atoms with Gasteiger partial charge in [-0.15, -0.1) is 0 Å². The fraction of sp³-hybridized carbons (Fsp3) is 0.412. The maximum atomic E-state index is 13.0. The van der Waals surface area contributed by atoms with Gasteiger partial charge in [0.25, 0.3) is 0 Å². The van der Waals surface area contributed by atoms with E-state index in [1.54, 1.807) is 0 Å². The lowest BCUT2D eigenvalue weighted by Crippen LogP contribution is -2.45. The summed E-state index contributed by atoms with van der Waals surface area (Å²) in [6.07, 6.45) is 0.577. The number of benzene rings is 2. The van der Waals surface area contributed by atoms with E-state index in [9.17, 15) is 4.39 Å². The van der Waals surface area contributed by atoms with Gasteiger partial charge in [0, 0.05) is 32.2 Å². The number of hydrogen-bond donors (Lipinski definition) is 1. The third kappa shape index (κ3) is 2.69. The lowest BCUT2D eigenvalue weighted by Gasteiger charge is -2.35. The molecule has 1 heterocycles. The van der Waals surface area contributed by atoms with E-state index in [-0.39, 0.29) is 12.7 Å². The van der Waals surface area contributed by atoms with Crippen LogP contribution in [0.1, 0.15) is 18.0 Å². The fourth-order valence-electron chi connectivity index (χ4n) is 3.17. The Labute approximate surface area is 119 Å². The lowest BCUT2D eigenvalue weighted by atomic mass is 9.95. The van der Waals surface area contributed by atoms with E-state index in [2.05, 4.69) is 52.7 Å². The first-order valence-electron chi connectivity index (χ1n) is 7.38. The maximum absolute atomic E-state index is 13.0. The van der Waals surface area contributed by atoms with Gasteiger partial charge < -0.3 is 5.32 Å². The van der Waals surface area contributed by atoms with Gasteiger partial charge in [0.05, 0.1) is 6.67 Å². The summed E-state index contributed by atoms with van der Waals surface area (Å²) < 4.78 is 13.0. The molecule has 20 heavy (non-hydrogen) atoms. The van der Waals surface area contributed by atoms with Crippen LogP contribution in [0.25, 0.3) is 10.8 Å². The number of piperazine rings is 1. The third-order valence-corrected chi connectivity index (χ3v) is 4.16. The molecule has 1 N–H and O–H groups in total. The van der Waals surface area contributed by atoms with Crippen LogP contribution < -0.4 is 5.32 Å². The first-order valence-corrected chi connectivity index (χ1v) is 7.38. The van der Waals surface area contributed by atoms with Gasteiger partial charge in [0.1, 0.15) is 0 Å². The molecule has 0 unspecified atom stereocenters. The first-order chi connectivity index (χ1) is 9.90. The quantitative estimate of drug-likeness (QED) is 0.920. The Balaban J connectivity index is 2.00. The monoisotopic (exact) mass is 272 g/mol. The first kappa shape index (κ1) is 13.5. The Kier molecular flexibility index (Phi) is 4.28. The average Bonchev–Trinajstić information content (AvgIpc) is 2.53. The molecular weight excluding hydrogens is 251 g/mol. The highest BCUT2D eigenvalue weighted by molar-refractivity contribution is 5.86. The van der Waals surface area contributed by atoms with Gasteiger partial charge in [0.15, 0.2) is 0 Å². The minimum atomic E-state index is -0.266. The van der Waals surface area contributed by atoms with Crippen molar-refractivity contribution in [3.63, 3.8) is 0 Å². The van der Waals surface area contributed by atoms with E-state index in [4.69, 9.17) is 0 Å². The standard InChI is InChI=1S/C17H21FN2/c18-9-8-17(20-12-10-19-11-13-20)16-7-3-5-14-4-1-2-6-15(14)16/h1-7,17,19H,8-13H2/t17-/m1/s1. The van der Waals surface area contributed by atoms with Crippen molar-refractivity contribution >= 4 is 10.8 Å². The highest BCUT2D eigenvalue weighted by atomic mass is 19.1. The van der Waals surface area contributed by atoms with Crippen molar-refractivity contribution in [3.8, 4) is 0 Å². The van der Waals surface area contributed by atoms with Crippen LogP contribution in [0.15, 0.2) is 42.5 Å². The topological polar surface area (TPSA) is 15.3 Å². The van der Waals surface area contributed by atoms with Crippen LogP contribution in [0.4, 0.5) is 4.39 Å². The Bertz CT molecular complexity index is 558. The van der Waals surface area contributed by atoms with Crippen LogP contribution in [0.2, 0.25) is 0 Å². The normalized spacial score (nSPS) is 18.2. The molecule has 0 bridgehead atoms. The SMILES string of the molecule is FCC[C@H](c1cccc2ccccc12)N1CCNCC1. The van der Waals surface area contributed by atoms with E-state index in [0.29, 0.717) is 6.42 Å². The van der Waals surface area contributed by atoms with Gasteiger partial charge in [-0.05, 0) is 22.8 Å². The number of fused-ring (bicyclic) bond motifs is 1. The van der Waals surface area contributed by atoms with E-state index < -0.39 is 0 Å². The van der Waals surface area contributed by atoms with Crippen molar-refractivity contribution < 1.29 is 4.39 Å². The van der Waals surface area contributed by atoms with Crippen LogP contribution in [0.3, 0.4) is 0 Å². The van der Waals surface area contributed by atoms with Crippen molar-refractivity contribution in [3.05, 3.63) is 48.0 Å². The number of hydrogen-bond acceptors (Lipinski definition) is 2. The predicted octanol–water partition coefficient (Wildman–Crippen LogP) is 3.15. The summed E-state index contributed by atoms with van der Waals surface area (Å²) in [4.78, 5) is 2.41. The van der Waals surface area contributed by atoms with Crippen molar-refractivity contribution in [2.24, 2.45) is 0 Å². The highest BCUT2D eigenvalue weighted by Crippen LogP contribution is 2.31. The smallest absolute Gasteiger partial charge is 0.0912 e. The molecule has 0 radical (unpaired) electrons. The molecule has 1 aliphatic heterocycles. The molecule has 3 rings (SSSR count). The van der Waals surface area contributed by atoms with Gasteiger partial charge in [-0.3, -0.25) is 9.29 Å². The number of nitrogens with zero attached hydrogens (tertiary/aromatic N) is 1. The van der Waals surface area contributed by atoms with E-state index in [0.717, 1.165) is 26.2 Å². The van der Waals surface area contributed by atoms with Gasteiger partial charge in [-0.1, -0.05) is 42.5 Å². The van der Waals surface area contributed by atoms with Crippen LogP contribution in [0.5, 0.6) is 0 Å². The van der Waals surface area contributed by atoms with Crippen molar-refractivity contribution in [2.75, 3.05) is 32.9 Å². The maximum Gasteiger partial charge on any atom is 0.0912 e. The summed E-state index contributed by atoms with van der Waals surface area (Å²) >= 11 is 0. The molecule has 2 nitrogen and oxygen atoms in total. The molecule has 2 aromatic carbocycles. The summed E-state index contributed by atoms with van der Waals surface area (Å²) in [5.74, 6) is 0. The summed E-state index contributed by atoms with van der Waals surface area (Å²) in [6, 6.07) is 15.0. The largest absolute Gasteiger partial charge is 0.314 e. The molecule has 0 saturated carbocycles. The third-order valence-electron chi connectivity index (χ3n) is 4.16. The second kappa shape index (κ2) is 6.33. The summed E-state index contributed by atoms with van der Waals surface area (Å²) in [5.41, 5.74) is 1.27. The zero-order valence-electron chi connectivity index (χ0n) is 11.7. The van der Waals surface area contributed by atoms with Crippen molar-refractivity contribution in [2.45, 2.75) is 12.5 Å². The summed E-state index contributed by atoms with van der Waals surface area (Å²) in [6.45, 7) is 3.71. The molecule has 1 atom stereocenters. The Morgan fingerprint density at radius 3 is 2.60 bits per heavy atom. The second-order valence-corrected chi connectivity index (χ2v) is 5.35. The minimum absolute atomic E-state index is 0.188. The fourth-order valence-corrected chi connectivity index (χ4v) is 3.17. The van der Waals surface area contributed by atoms with Crippen molar-refractivity contribution in [1.29, 1.82) is 0 Å². The Morgan fingerprint density at radius 1 is 1.05 bits per heavy atom. The molecule has 1 aliphatic rings. The molecule has 1 fully saturated rings. The zero-order valence-corrected chi connectivity index (χ0v) is 11.7. The van der Waals surface area contributed by atoms with Gasteiger partial charge in [-0.25, -0.2) is 0 Å². The molecule has 3 heteroatoms. The number of nitrogens with one attached hydrogen (secondary N) is 1. The molecule has 0 amide bonds. The summed E-state index contributed by atoms with van der Waals surface area (Å²) in [5, 5.41) is 5.86. The molecular formula is C17H21FN2. The number of halogens is 1. The van der Waals surface area contributed by atoms with Crippen LogP contribution in [0, 0.1) is 0 Å². The van der Waals surface area contributed by atoms with Crippen molar-refractivity contribution in [1.82, 2.24) is 10.2 Å². The molecule has 0 aromatic heterocycles. The van der Waals surface area contributed by atoms with Crippen LogP contribution in [-0.2, 0) is 0 Å². The van der Waals surface area contributed by atoms with Gasteiger partial charge in [-0.2, -0.15) is 0 Å². The Hall–Kier alpha value is -1.45. The Morgan fingerprint density at radius 2 is 1.80 bits per heavy atom. The van der Waals surface area contributed by atoms with E-state index in [1.807, 2.05) is 0 Å². The number of alkyl halides is 1. The number of rotatable bonds is 4. The molecule has 2 aromatic rings. The molecule has 1 saturated heterocycles. The average molecular weight is 272 g/mol. The predicted molar refractivity (Wildman–Crippen MR) is 81.7 cm³/mol. The highest BCUT2D eigenvalue weighted by Gasteiger charge is 2.23.